The van der Waals surface area contributed by atoms with Gasteiger partial charge in [-0.25, -0.2) is 0 Å². The summed E-state index contributed by atoms with van der Waals surface area (Å²) in [6.07, 6.45) is 0.948. The van der Waals surface area contributed by atoms with E-state index in [9.17, 15) is 5.11 Å². The first-order chi connectivity index (χ1) is 12.7. The third kappa shape index (κ3) is 3.42. The molecule has 2 heterocycles. The largest absolute Gasteiger partial charge is 0.394 e. The Balaban J connectivity index is 1.50. The zero-order valence-electron chi connectivity index (χ0n) is 14.3. The highest BCUT2D eigenvalue weighted by Crippen LogP contribution is 2.35. The van der Waals surface area contributed by atoms with Crippen LogP contribution in [0.4, 0.5) is 5.69 Å². The predicted octanol–water partition coefficient (Wildman–Crippen LogP) is 4.48. The SMILES string of the molecule is OCC1c2[nH]c3ccc(Cl)cc3c2CCN1CCNc1cccc(Cl)c1. The van der Waals surface area contributed by atoms with Gasteiger partial charge in [0.15, 0.2) is 0 Å². The molecular formula is C20H21Cl2N3O. The maximum absolute atomic E-state index is 10.0. The van der Waals surface area contributed by atoms with E-state index in [-0.39, 0.29) is 12.6 Å². The monoisotopic (exact) mass is 389 g/mol. The number of aromatic nitrogens is 1. The number of H-pyrrole nitrogens is 1. The number of rotatable bonds is 5. The predicted molar refractivity (Wildman–Crippen MR) is 108 cm³/mol. The van der Waals surface area contributed by atoms with Crippen molar-refractivity contribution in [1.29, 1.82) is 0 Å². The van der Waals surface area contributed by atoms with E-state index in [1.54, 1.807) is 0 Å². The number of halogens is 2. The van der Waals surface area contributed by atoms with E-state index in [0.29, 0.717) is 0 Å². The van der Waals surface area contributed by atoms with Gasteiger partial charge in [-0.3, -0.25) is 4.90 Å². The van der Waals surface area contributed by atoms with Gasteiger partial charge in [0.2, 0.25) is 0 Å². The summed E-state index contributed by atoms with van der Waals surface area (Å²) in [5.41, 5.74) is 4.48. The van der Waals surface area contributed by atoms with E-state index < -0.39 is 0 Å². The first kappa shape index (κ1) is 17.7. The van der Waals surface area contributed by atoms with E-state index >= 15 is 0 Å². The fourth-order valence-electron chi connectivity index (χ4n) is 3.81. The van der Waals surface area contributed by atoms with Gasteiger partial charge in [-0.15, -0.1) is 0 Å². The van der Waals surface area contributed by atoms with Crippen molar-refractivity contribution in [2.75, 3.05) is 31.6 Å². The number of aromatic amines is 1. The molecule has 1 aliphatic rings. The smallest absolute Gasteiger partial charge is 0.0736 e. The Kier molecular flexibility index (Phi) is 5.09. The maximum atomic E-state index is 10.0. The summed E-state index contributed by atoms with van der Waals surface area (Å²) in [5.74, 6) is 0. The highest BCUT2D eigenvalue weighted by molar-refractivity contribution is 6.31. The fourth-order valence-corrected chi connectivity index (χ4v) is 4.17. The number of aliphatic hydroxyl groups excluding tert-OH is 1. The zero-order chi connectivity index (χ0) is 18.1. The Hall–Kier alpha value is -1.72. The molecule has 26 heavy (non-hydrogen) atoms. The minimum Gasteiger partial charge on any atom is -0.394 e. The van der Waals surface area contributed by atoms with Crippen LogP contribution >= 0.6 is 23.2 Å². The lowest BCUT2D eigenvalue weighted by Crippen LogP contribution is -2.40. The van der Waals surface area contributed by atoms with Crippen molar-refractivity contribution in [3.8, 4) is 0 Å². The van der Waals surface area contributed by atoms with Crippen LogP contribution < -0.4 is 5.32 Å². The number of hydrogen-bond donors (Lipinski definition) is 3. The number of nitrogens with zero attached hydrogens (tertiary/aromatic N) is 1. The van der Waals surface area contributed by atoms with Gasteiger partial charge in [-0.1, -0.05) is 29.3 Å². The number of benzene rings is 2. The maximum Gasteiger partial charge on any atom is 0.0736 e. The van der Waals surface area contributed by atoms with Crippen molar-refractivity contribution in [3.05, 3.63) is 63.8 Å². The van der Waals surface area contributed by atoms with Gasteiger partial charge in [0, 0.05) is 52.0 Å². The molecule has 0 spiro atoms. The highest BCUT2D eigenvalue weighted by Gasteiger charge is 2.29. The van der Waals surface area contributed by atoms with Gasteiger partial charge in [0.05, 0.1) is 12.6 Å². The number of aliphatic hydroxyl groups is 1. The van der Waals surface area contributed by atoms with E-state index in [2.05, 4.69) is 15.2 Å². The van der Waals surface area contributed by atoms with Gasteiger partial charge >= 0.3 is 0 Å². The first-order valence-corrected chi connectivity index (χ1v) is 9.55. The van der Waals surface area contributed by atoms with Crippen LogP contribution in [0, 0.1) is 0 Å². The molecule has 4 nitrogen and oxygen atoms in total. The molecule has 1 unspecified atom stereocenters. The van der Waals surface area contributed by atoms with Gasteiger partial charge in [0.1, 0.15) is 0 Å². The molecule has 4 rings (SSSR count). The summed E-state index contributed by atoms with van der Waals surface area (Å²) in [5, 5.41) is 16.1. The van der Waals surface area contributed by atoms with Gasteiger partial charge in [0.25, 0.3) is 0 Å². The Morgan fingerprint density at radius 3 is 2.81 bits per heavy atom. The summed E-state index contributed by atoms with van der Waals surface area (Å²) in [6, 6.07) is 13.6. The van der Waals surface area contributed by atoms with Crippen LogP contribution in [0.1, 0.15) is 17.3 Å². The Labute approximate surface area is 162 Å². The minimum absolute atomic E-state index is 0.0221. The van der Waals surface area contributed by atoms with Crippen molar-refractivity contribution < 1.29 is 5.11 Å². The summed E-state index contributed by atoms with van der Waals surface area (Å²) in [7, 11) is 0. The lowest BCUT2D eigenvalue weighted by atomic mass is 9.97. The molecular weight excluding hydrogens is 369 g/mol. The molecule has 0 aliphatic carbocycles. The molecule has 136 valence electrons. The molecule has 6 heteroatoms. The zero-order valence-corrected chi connectivity index (χ0v) is 15.8. The average molecular weight is 390 g/mol. The number of fused-ring (bicyclic) bond motifs is 3. The van der Waals surface area contributed by atoms with Crippen molar-refractivity contribution in [2.45, 2.75) is 12.5 Å². The summed E-state index contributed by atoms with van der Waals surface area (Å²) in [4.78, 5) is 5.81. The van der Waals surface area contributed by atoms with Crippen LogP contribution in [0.15, 0.2) is 42.5 Å². The van der Waals surface area contributed by atoms with E-state index in [1.807, 2.05) is 42.5 Å². The van der Waals surface area contributed by atoms with Crippen LogP contribution in [0.5, 0.6) is 0 Å². The van der Waals surface area contributed by atoms with Crippen molar-refractivity contribution in [2.24, 2.45) is 0 Å². The molecule has 0 radical (unpaired) electrons. The number of hydrogen-bond acceptors (Lipinski definition) is 3. The summed E-state index contributed by atoms with van der Waals surface area (Å²) >= 11 is 12.2. The van der Waals surface area contributed by atoms with Crippen LogP contribution in [0.2, 0.25) is 10.0 Å². The Morgan fingerprint density at radius 2 is 2.00 bits per heavy atom. The van der Waals surface area contributed by atoms with Crippen LogP contribution in [0.3, 0.4) is 0 Å². The highest BCUT2D eigenvalue weighted by atomic mass is 35.5. The molecule has 0 saturated heterocycles. The fraction of sp³-hybridized carbons (Fsp3) is 0.300. The van der Waals surface area contributed by atoms with Crippen molar-refractivity contribution >= 4 is 39.8 Å². The molecule has 0 fully saturated rings. The molecule has 0 saturated carbocycles. The Morgan fingerprint density at radius 1 is 1.15 bits per heavy atom. The molecule has 0 bridgehead atoms. The second-order valence-corrected chi connectivity index (χ2v) is 7.50. The van der Waals surface area contributed by atoms with Crippen LogP contribution in [-0.4, -0.2) is 41.2 Å². The van der Waals surface area contributed by atoms with Gasteiger partial charge < -0.3 is 15.4 Å². The Bertz CT molecular complexity index is 925. The molecule has 3 aromatic rings. The van der Waals surface area contributed by atoms with Crippen molar-refractivity contribution in [1.82, 2.24) is 9.88 Å². The quantitative estimate of drug-likeness (QED) is 0.602. The van der Waals surface area contributed by atoms with Crippen molar-refractivity contribution in [3.63, 3.8) is 0 Å². The normalized spacial score (nSPS) is 17.4. The average Bonchev–Trinajstić information content (AvgIpc) is 2.99. The van der Waals surface area contributed by atoms with Gasteiger partial charge in [-0.05, 0) is 48.4 Å². The summed E-state index contributed by atoms with van der Waals surface area (Å²) < 4.78 is 0. The second kappa shape index (κ2) is 7.49. The molecule has 1 aliphatic heterocycles. The molecule has 2 aromatic carbocycles. The number of nitrogens with one attached hydrogen (secondary N) is 2. The second-order valence-electron chi connectivity index (χ2n) is 6.63. The lowest BCUT2D eigenvalue weighted by Gasteiger charge is -2.34. The van der Waals surface area contributed by atoms with Crippen LogP contribution in [0.25, 0.3) is 10.9 Å². The molecule has 0 amide bonds. The third-order valence-electron chi connectivity index (χ3n) is 5.05. The van der Waals surface area contributed by atoms with Gasteiger partial charge in [-0.2, -0.15) is 0 Å². The standard InChI is InChI=1S/C20H21Cl2N3O/c21-13-2-1-3-15(10-13)23-7-9-25-8-6-16-17-11-14(22)4-5-18(17)24-20(16)19(25)12-26/h1-5,10-11,19,23-24,26H,6-9,12H2. The third-order valence-corrected chi connectivity index (χ3v) is 5.52. The molecule has 1 atom stereocenters. The lowest BCUT2D eigenvalue weighted by molar-refractivity contribution is 0.116. The van der Waals surface area contributed by atoms with Crippen LogP contribution in [-0.2, 0) is 6.42 Å². The summed E-state index contributed by atoms with van der Waals surface area (Å²) in [6.45, 7) is 2.63. The topological polar surface area (TPSA) is 51.3 Å². The molecule has 3 N–H and O–H groups in total. The first-order valence-electron chi connectivity index (χ1n) is 8.80. The number of anilines is 1. The van der Waals surface area contributed by atoms with E-state index in [1.165, 1.54) is 10.9 Å². The minimum atomic E-state index is -0.0221. The molecule has 1 aromatic heterocycles. The van der Waals surface area contributed by atoms with E-state index in [0.717, 1.165) is 53.0 Å². The van der Waals surface area contributed by atoms with E-state index in [4.69, 9.17) is 23.2 Å².